The molecule has 2 rings (SSSR count). The zero-order chi connectivity index (χ0) is 9.97. The number of nitrogens with zero attached hydrogens (tertiary/aromatic N) is 2. The van der Waals surface area contributed by atoms with Crippen LogP contribution in [0.1, 0.15) is 15.5 Å². The molecular formula is C10H8N2OS. The van der Waals surface area contributed by atoms with E-state index in [0.717, 1.165) is 21.7 Å². The molecule has 2 heterocycles. The third-order valence-electron chi connectivity index (χ3n) is 1.81. The molecular weight excluding hydrogens is 196 g/mol. The fourth-order valence-corrected chi connectivity index (χ4v) is 1.88. The van der Waals surface area contributed by atoms with E-state index < -0.39 is 0 Å². The quantitative estimate of drug-likeness (QED) is 0.705. The van der Waals surface area contributed by atoms with Gasteiger partial charge in [0, 0.05) is 18.0 Å². The van der Waals surface area contributed by atoms with E-state index in [0.29, 0.717) is 5.69 Å². The molecule has 0 aliphatic carbocycles. The summed E-state index contributed by atoms with van der Waals surface area (Å²) in [4.78, 5) is 19.6. The first-order chi connectivity index (χ1) is 6.79. The molecule has 70 valence electrons. The van der Waals surface area contributed by atoms with Gasteiger partial charge in [0.15, 0.2) is 6.29 Å². The van der Waals surface area contributed by atoms with Crippen LogP contribution in [-0.2, 0) is 0 Å². The summed E-state index contributed by atoms with van der Waals surface area (Å²) in [5, 5.41) is 1.03. The number of aldehydes is 1. The van der Waals surface area contributed by atoms with Gasteiger partial charge in [0.05, 0.1) is 9.88 Å². The highest BCUT2D eigenvalue weighted by molar-refractivity contribution is 7.15. The normalized spacial score (nSPS) is 10.1. The van der Waals surface area contributed by atoms with E-state index in [1.807, 2.05) is 19.2 Å². The number of aromatic nitrogens is 2. The SMILES string of the molecule is Cc1ncc(-c2ccc(C=O)nc2)s1. The van der Waals surface area contributed by atoms with Gasteiger partial charge in [-0.3, -0.25) is 9.78 Å². The summed E-state index contributed by atoms with van der Waals surface area (Å²) in [6.07, 6.45) is 4.25. The molecule has 0 unspecified atom stereocenters. The van der Waals surface area contributed by atoms with Gasteiger partial charge in [-0.05, 0) is 19.1 Å². The Labute approximate surface area is 85.5 Å². The van der Waals surface area contributed by atoms with Gasteiger partial charge in [-0.25, -0.2) is 4.98 Å². The molecule has 14 heavy (non-hydrogen) atoms. The van der Waals surface area contributed by atoms with Gasteiger partial charge in [0.25, 0.3) is 0 Å². The van der Waals surface area contributed by atoms with Crippen LogP contribution in [-0.4, -0.2) is 16.3 Å². The molecule has 0 atom stereocenters. The lowest BCUT2D eigenvalue weighted by molar-refractivity contribution is 0.111. The topological polar surface area (TPSA) is 42.9 Å². The fourth-order valence-electron chi connectivity index (χ4n) is 1.12. The Morgan fingerprint density at radius 1 is 1.29 bits per heavy atom. The number of carbonyl (C=O) groups excluding carboxylic acids is 1. The predicted octanol–water partition coefficient (Wildman–Crippen LogP) is 2.33. The third kappa shape index (κ3) is 1.70. The second kappa shape index (κ2) is 3.67. The van der Waals surface area contributed by atoms with E-state index in [1.165, 1.54) is 0 Å². The Balaban J connectivity index is 2.38. The average Bonchev–Trinajstić information content (AvgIpc) is 2.65. The highest BCUT2D eigenvalue weighted by Crippen LogP contribution is 2.24. The zero-order valence-corrected chi connectivity index (χ0v) is 8.41. The Bertz CT molecular complexity index is 447. The summed E-state index contributed by atoms with van der Waals surface area (Å²) in [5.41, 5.74) is 1.45. The van der Waals surface area contributed by atoms with Crippen molar-refractivity contribution in [3.63, 3.8) is 0 Å². The van der Waals surface area contributed by atoms with Crippen LogP contribution >= 0.6 is 11.3 Å². The van der Waals surface area contributed by atoms with Crippen molar-refractivity contribution in [3.05, 3.63) is 35.2 Å². The maximum Gasteiger partial charge on any atom is 0.168 e. The Morgan fingerprint density at radius 3 is 2.64 bits per heavy atom. The first-order valence-corrected chi connectivity index (χ1v) is 4.95. The van der Waals surface area contributed by atoms with E-state index in [2.05, 4.69) is 9.97 Å². The summed E-state index contributed by atoms with van der Waals surface area (Å²) in [7, 11) is 0. The molecule has 2 aromatic heterocycles. The van der Waals surface area contributed by atoms with Gasteiger partial charge in [-0.2, -0.15) is 0 Å². The van der Waals surface area contributed by atoms with Crippen LogP contribution < -0.4 is 0 Å². The largest absolute Gasteiger partial charge is 0.296 e. The van der Waals surface area contributed by atoms with Gasteiger partial charge in [0.1, 0.15) is 5.69 Å². The van der Waals surface area contributed by atoms with E-state index >= 15 is 0 Å². The van der Waals surface area contributed by atoms with Crippen LogP contribution in [0, 0.1) is 6.92 Å². The van der Waals surface area contributed by atoms with Crippen molar-refractivity contribution in [3.8, 4) is 10.4 Å². The third-order valence-corrected chi connectivity index (χ3v) is 2.77. The summed E-state index contributed by atoms with van der Waals surface area (Å²) in [6, 6.07) is 3.58. The Hall–Kier alpha value is -1.55. The molecule has 0 fully saturated rings. The maximum absolute atomic E-state index is 10.4. The fraction of sp³-hybridized carbons (Fsp3) is 0.100. The molecule has 0 aliphatic heterocycles. The van der Waals surface area contributed by atoms with Gasteiger partial charge in [0.2, 0.25) is 0 Å². The number of thiazole rings is 1. The van der Waals surface area contributed by atoms with E-state index in [1.54, 1.807) is 23.6 Å². The van der Waals surface area contributed by atoms with Crippen molar-refractivity contribution < 1.29 is 4.79 Å². The molecule has 0 saturated heterocycles. The molecule has 0 saturated carbocycles. The van der Waals surface area contributed by atoms with Crippen LogP contribution in [0.15, 0.2) is 24.5 Å². The van der Waals surface area contributed by atoms with Crippen LogP contribution in [0.2, 0.25) is 0 Å². The van der Waals surface area contributed by atoms with Gasteiger partial charge in [-0.15, -0.1) is 11.3 Å². The van der Waals surface area contributed by atoms with Crippen molar-refractivity contribution in [1.82, 2.24) is 9.97 Å². The van der Waals surface area contributed by atoms with Crippen molar-refractivity contribution >= 4 is 17.6 Å². The summed E-state index contributed by atoms with van der Waals surface area (Å²) in [6.45, 7) is 1.96. The summed E-state index contributed by atoms with van der Waals surface area (Å²) < 4.78 is 0. The zero-order valence-electron chi connectivity index (χ0n) is 7.60. The predicted molar refractivity (Wildman–Crippen MR) is 55.5 cm³/mol. The molecule has 3 nitrogen and oxygen atoms in total. The molecule has 0 N–H and O–H groups in total. The average molecular weight is 204 g/mol. The van der Waals surface area contributed by atoms with Crippen molar-refractivity contribution in [2.75, 3.05) is 0 Å². The lowest BCUT2D eigenvalue weighted by Crippen LogP contribution is -1.84. The number of aryl methyl sites for hydroxylation is 1. The van der Waals surface area contributed by atoms with E-state index in [4.69, 9.17) is 0 Å². The van der Waals surface area contributed by atoms with E-state index in [-0.39, 0.29) is 0 Å². The lowest BCUT2D eigenvalue weighted by atomic mass is 10.2. The highest BCUT2D eigenvalue weighted by Gasteiger charge is 2.01. The molecule has 0 aliphatic rings. The highest BCUT2D eigenvalue weighted by atomic mass is 32.1. The van der Waals surface area contributed by atoms with Crippen molar-refractivity contribution in [2.24, 2.45) is 0 Å². The monoisotopic (exact) mass is 204 g/mol. The van der Waals surface area contributed by atoms with Crippen LogP contribution in [0.3, 0.4) is 0 Å². The Kier molecular flexibility index (Phi) is 2.37. The smallest absolute Gasteiger partial charge is 0.168 e. The second-order valence-electron chi connectivity index (χ2n) is 2.83. The molecule has 4 heteroatoms. The molecule has 0 amide bonds. The molecule has 0 spiro atoms. The molecule has 0 aromatic carbocycles. The number of carbonyl (C=O) groups is 1. The number of pyridine rings is 1. The number of rotatable bonds is 2. The first kappa shape index (κ1) is 9.02. The van der Waals surface area contributed by atoms with Gasteiger partial charge in [-0.1, -0.05) is 0 Å². The molecule has 2 aromatic rings. The molecule has 0 bridgehead atoms. The van der Waals surface area contributed by atoms with Crippen LogP contribution in [0.25, 0.3) is 10.4 Å². The standard InChI is InChI=1S/C10H8N2OS/c1-7-11-5-10(14-7)8-2-3-9(6-13)12-4-8/h2-6H,1H3. The maximum atomic E-state index is 10.4. The number of hydrogen-bond acceptors (Lipinski definition) is 4. The lowest BCUT2D eigenvalue weighted by Gasteiger charge is -1.94. The molecule has 0 radical (unpaired) electrons. The van der Waals surface area contributed by atoms with Gasteiger partial charge < -0.3 is 0 Å². The van der Waals surface area contributed by atoms with Crippen molar-refractivity contribution in [2.45, 2.75) is 6.92 Å². The summed E-state index contributed by atoms with van der Waals surface area (Å²) >= 11 is 1.61. The summed E-state index contributed by atoms with van der Waals surface area (Å²) in [5.74, 6) is 0. The minimum atomic E-state index is 0.454. The van der Waals surface area contributed by atoms with Crippen LogP contribution in [0.4, 0.5) is 0 Å². The van der Waals surface area contributed by atoms with E-state index in [9.17, 15) is 4.79 Å². The minimum Gasteiger partial charge on any atom is -0.296 e. The van der Waals surface area contributed by atoms with Crippen LogP contribution in [0.5, 0.6) is 0 Å². The van der Waals surface area contributed by atoms with Crippen molar-refractivity contribution in [1.29, 1.82) is 0 Å². The number of hydrogen-bond donors (Lipinski definition) is 0. The first-order valence-electron chi connectivity index (χ1n) is 4.13. The minimum absolute atomic E-state index is 0.454. The Morgan fingerprint density at radius 2 is 2.14 bits per heavy atom. The van der Waals surface area contributed by atoms with Gasteiger partial charge >= 0.3 is 0 Å². The second-order valence-corrected chi connectivity index (χ2v) is 4.07.